The molecule has 0 aliphatic rings. The second-order valence-corrected chi connectivity index (χ2v) is 8.30. The van der Waals surface area contributed by atoms with Gasteiger partial charge in [-0.05, 0) is 48.6 Å². The van der Waals surface area contributed by atoms with Gasteiger partial charge in [-0.15, -0.1) is 0 Å². The van der Waals surface area contributed by atoms with E-state index in [4.69, 9.17) is 4.52 Å². The van der Waals surface area contributed by atoms with Gasteiger partial charge in [0.1, 0.15) is 5.69 Å². The molecule has 0 spiro atoms. The average molecular weight is 422 g/mol. The zero-order valence-corrected chi connectivity index (χ0v) is 17.8. The van der Waals surface area contributed by atoms with Crippen molar-refractivity contribution in [2.24, 2.45) is 5.41 Å². The molecule has 3 N–H and O–H groups in total. The van der Waals surface area contributed by atoms with Gasteiger partial charge in [-0.2, -0.15) is 0 Å². The first-order valence-electron chi connectivity index (χ1n) is 9.97. The van der Waals surface area contributed by atoms with E-state index in [9.17, 15) is 19.8 Å². The third kappa shape index (κ3) is 4.73. The number of aliphatic hydroxyl groups excluding tert-OH is 1. The van der Waals surface area contributed by atoms with Crippen LogP contribution in [0.4, 0.5) is 5.69 Å². The first-order valence-corrected chi connectivity index (χ1v) is 9.97. The zero-order valence-electron chi connectivity index (χ0n) is 17.8. The van der Waals surface area contributed by atoms with Crippen LogP contribution in [0, 0.1) is 5.41 Å². The third-order valence-electron chi connectivity index (χ3n) is 5.11. The SMILES string of the molecule is C/C=C\c1noc(=O)c2ccc(NC(=O)C(O)(CC(C)(C)CO)c3ccccc3)cc12. The fraction of sp³-hybridized carbons (Fsp3) is 0.292. The van der Waals surface area contributed by atoms with Crippen molar-refractivity contribution in [2.75, 3.05) is 11.9 Å². The van der Waals surface area contributed by atoms with Crippen molar-refractivity contribution in [1.82, 2.24) is 5.16 Å². The number of allylic oxidation sites excluding steroid dienone is 1. The minimum Gasteiger partial charge on any atom is -0.396 e. The number of fused-ring (bicyclic) bond motifs is 1. The standard InChI is InChI=1S/C24H26N2O5/c1-4-8-20-19-13-17(11-12-18(19)21(28)31-26-20)25-22(29)24(30,14-23(2,3)15-27)16-9-6-5-7-10-16/h4-13,27,30H,14-15H2,1-3H3,(H,25,29)/b8-4-. The molecule has 1 aromatic heterocycles. The molecule has 1 unspecified atom stereocenters. The fourth-order valence-corrected chi connectivity index (χ4v) is 3.49. The predicted octanol–water partition coefficient (Wildman–Crippen LogP) is 3.46. The van der Waals surface area contributed by atoms with E-state index < -0.39 is 22.5 Å². The predicted molar refractivity (Wildman–Crippen MR) is 119 cm³/mol. The molecule has 1 heterocycles. The lowest BCUT2D eigenvalue weighted by molar-refractivity contribution is -0.139. The molecule has 0 aliphatic heterocycles. The highest BCUT2D eigenvalue weighted by atomic mass is 16.5. The molecule has 31 heavy (non-hydrogen) atoms. The third-order valence-corrected chi connectivity index (χ3v) is 5.11. The Bertz CT molecular complexity index is 1170. The van der Waals surface area contributed by atoms with Crippen LogP contribution >= 0.6 is 0 Å². The number of carbonyl (C=O) groups excluding carboxylic acids is 1. The molecule has 1 atom stereocenters. The highest BCUT2D eigenvalue weighted by Crippen LogP contribution is 2.36. The van der Waals surface area contributed by atoms with Crippen LogP contribution in [-0.2, 0) is 10.4 Å². The van der Waals surface area contributed by atoms with Gasteiger partial charge in [0, 0.05) is 17.7 Å². The van der Waals surface area contributed by atoms with Crippen LogP contribution in [0.5, 0.6) is 0 Å². The summed E-state index contributed by atoms with van der Waals surface area (Å²) in [4.78, 5) is 25.3. The second-order valence-electron chi connectivity index (χ2n) is 8.30. The number of benzene rings is 2. The number of amides is 1. The maximum absolute atomic E-state index is 13.3. The molecule has 0 aliphatic carbocycles. The summed E-state index contributed by atoms with van der Waals surface area (Å²) in [5.41, 5.74) is -1.88. The lowest BCUT2D eigenvalue weighted by atomic mass is 9.76. The molecule has 0 fully saturated rings. The fourth-order valence-electron chi connectivity index (χ4n) is 3.49. The van der Waals surface area contributed by atoms with Gasteiger partial charge in [0.25, 0.3) is 5.91 Å². The van der Waals surface area contributed by atoms with Crippen molar-refractivity contribution in [3.63, 3.8) is 0 Å². The van der Waals surface area contributed by atoms with E-state index >= 15 is 0 Å². The monoisotopic (exact) mass is 422 g/mol. The number of anilines is 1. The van der Waals surface area contributed by atoms with Gasteiger partial charge in [0.2, 0.25) is 0 Å². The van der Waals surface area contributed by atoms with Crippen LogP contribution in [0.2, 0.25) is 0 Å². The van der Waals surface area contributed by atoms with E-state index in [0.717, 1.165) is 0 Å². The Labute approximate surface area is 180 Å². The number of nitrogens with zero attached hydrogens (tertiary/aromatic N) is 1. The van der Waals surface area contributed by atoms with Crippen LogP contribution in [0.1, 0.15) is 38.4 Å². The van der Waals surface area contributed by atoms with Gasteiger partial charge >= 0.3 is 5.63 Å². The number of hydrogen-bond donors (Lipinski definition) is 3. The summed E-state index contributed by atoms with van der Waals surface area (Å²) in [5, 5.41) is 28.6. The largest absolute Gasteiger partial charge is 0.396 e. The minimum atomic E-state index is -1.87. The summed E-state index contributed by atoms with van der Waals surface area (Å²) in [6, 6.07) is 13.4. The molecule has 0 saturated heterocycles. The van der Waals surface area contributed by atoms with Gasteiger partial charge in [-0.1, -0.05) is 55.4 Å². The highest BCUT2D eigenvalue weighted by molar-refractivity contribution is 6.00. The molecule has 0 radical (unpaired) electrons. The molecular formula is C24H26N2O5. The number of hydrogen-bond acceptors (Lipinski definition) is 6. The van der Waals surface area contributed by atoms with Crippen molar-refractivity contribution in [3.8, 4) is 0 Å². The van der Waals surface area contributed by atoms with Crippen LogP contribution in [0.25, 0.3) is 16.8 Å². The number of aromatic nitrogens is 1. The molecule has 2 aromatic carbocycles. The normalized spacial score (nSPS) is 14.0. The summed E-state index contributed by atoms with van der Waals surface area (Å²) in [7, 11) is 0. The summed E-state index contributed by atoms with van der Waals surface area (Å²) >= 11 is 0. The van der Waals surface area contributed by atoms with Crippen molar-refractivity contribution in [1.29, 1.82) is 0 Å². The maximum atomic E-state index is 13.3. The van der Waals surface area contributed by atoms with Gasteiger partial charge in [0.15, 0.2) is 5.60 Å². The smallest absolute Gasteiger partial charge is 0.366 e. The van der Waals surface area contributed by atoms with Gasteiger partial charge < -0.3 is 20.1 Å². The molecular weight excluding hydrogens is 396 g/mol. The number of nitrogens with one attached hydrogen (secondary N) is 1. The first-order chi connectivity index (χ1) is 14.7. The Hall–Kier alpha value is -3.29. The Kier molecular flexibility index (Phi) is 6.38. The second kappa shape index (κ2) is 8.83. The summed E-state index contributed by atoms with van der Waals surface area (Å²) in [6.07, 6.45) is 3.47. The minimum absolute atomic E-state index is 0.00882. The molecule has 3 rings (SSSR count). The highest BCUT2D eigenvalue weighted by Gasteiger charge is 2.42. The molecule has 7 heteroatoms. The number of carbonyl (C=O) groups is 1. The Morgan fingerprint density at radius 3 is 2.52 bits per heavy atom. The number of rotatable bonds is 7. The molecule has 162 valence electrons. The van der Waals surface area contributed by atoms with Crippen LogP contribution in [-0.4, -0.2) is 27.9 Å². The van der Waals surface area contributed by atoms with Crippen LogP contribution in [0.15, 0.2) is 63.9 Å². The van der Waals surface area contributed by atoms with E-state index in [1.54, 1.807) is 74.5 Å². The van der Waals surface area contributed by atoms with E-state index in [2.05, 4.69) is 10.5 Å². The topological polar surface area (TPSA) is 113 Å². The van der Waals surface area contributed by atoms with Crippen LogP contribution < -0.4 is 10.9 Å². The van der Waals surface area contributed by atoms with E-state index in [-0.39, 0.29) is 13.0 Å². The molecule has 7 nitrogen and oxygen atoms in total. The quantitative estimate of drug-likeness (QED) is 0.538. The van der Waals surface area contributed by atoms with Gasteiger partial charge in [0.05, 0.1) is 5.39 Å². The lowest BCUT2D eigenvalue weighted by Gasteiger charge is -2.34. The van der Waals surface area contributed by atoms with Gasteiger partial charge in [-0.3, -0.25) is 4.79 Å². The maximum Gasteiger partial charge on any atom is 0.366 e. The molecule has 1 amide bonds. The van der Waals surface area contributed by atoms with Crippen molar-refractivity contribution < 1.29 is 19.5 Å². The summed E-state index contributed by atoms with van der Waals surface area (Å²) in [6.45, 7) is 5.17. The molecule has 3 aromatic rings. The first kappa shape index (κ1) is 22.4. The number of aliphatic hydroxyl groups is 2. The Balaban J connectivity index is 2.03. The Morgan fingerprint density at radius 1 is 1.16 bits per heavy atom. The molecule has 0 bridgehead atoms. The average Bonchev–Trinajstić information content (AvgIpc) is 2.76. The Morgan fingerprint density at radius 2 is 1.87 bits per heavy atom. The van der Waals surface area contributed by atoms with Crippen molar-refractivity contribution in [3.05, 3.63) is 76.3 Å². The zero-order chi connectivity index (χ0) is 22.6. The lowest BCUT2D eigenvalue weighted by Crippen LogP contribution is -2.44. The van der Waals surface area contributed by atoms with Crippen LogP contribution in [0.3, 0.4) is 0 Å². The van der Waals surface area contributed by atoms with Crippen molar-refractivity contribution in [2.45, 2.75) is 32.8 Å². The van der Waals surface area contributed by atoms with E-state index in [1.165, 1.54) is 0 Å². The van der Waals surface area contributed by atoms with Crippen molar-refractivity contribution >= 4 is 28.4 Å². The van der Waals surface area contributed by atoms with E-state index in [1.807, 2.05) is 6.92 Å². The van der Waals surface area contributed by atoms with E-state index in [0.29, 0.717) is 27.7 Å². The molecule has 0 saturated carbocycles. The summed E-state index contributed by atoms with van der Waals surface area (Å²) in [5.74, 6) is -0.636. The summed E-state index contributed by atoms with van der Waals surface area (Å²) < 4.78 is 4.82. The van der Waals surface area contributed by atoms with Gasteiger partial charge in [-0.25, -0.2) is 4.79 Å².